The lowest BCUT2D eigenvalue weighted by atomic mass is 9.98. The van der Waals surface area contributed by atoms with Crippen molar-refractivity contribution in [2.45, 2.75) is 25.8 Å². The van der Waals surface area contributed by atoms with Gasteiger partial charge in [0.15, 0.2) is 0 Å². The molecule has 2 atom stereocenters. The van der Waals surface area contributed by atoms with Crippen molar-refractivity contribution in [2.24, 2.45) is 5.92 Å². The van der Waals surface area contributed by atoms with E-state index in [0.717, 1.165) is 37.5 Å². The Morgan fingerprint density at radius 1 is 1.33 bits per heavy atom. The molecule has 2 heterocycles. The highest BCUT2D eigenvalue weighted by molar-refractivity contribution is 7.99. The summed E-state index contributed by atoms with van der Waals surface area (Å²) >= 11 is 1.94. The van der Waals surface area contributed by atoms with Crippen LogP contribution >= 0.6 is 11.8 Å². The fraction of sp³-hybridized carbons (Fsp3) is 0.588. The Balaban J connectivity index is 1.77. The topological polar surface area (TPSA) is 29.5 Å². The standard InChI is InChI=1S/C17H23NO2S/c1-13-4-6-14(7-5-13)16-12-21-10-8-18(16)17(19)15-3-2-9-20-11-15/h4-7,15-16H,2-3,8-12H2,1H3. The van der Waals surface area contributed by atoms with E-state index in [1.807, 2.05) is 11.8 Å². The van der Waals surface area contributed by atoms with E-state index < -0.39 is 0 Å². The molecule has 2 unspecified atom stereocenters. The molecular formula is C17H23NO2S. The number of thioether (sulfide) groups is 1. The maximum Gasteiger partial charge on any atom is 0.228 e. The summed E-state index contributed by atoms with van der Waals surface area (Å²) in [4.78, 5) is 14.9. The van der Waals surface area contributed by atoms with Crippen molar-refractivity contribution in [3.05, 3.63) is 35.4 Å². The van der Waals surface area contributed by atoms with Gasteiger partial charge in [-0.05, 0) is 25.3 Å². The Morgan fingerprint density at radius 3 is 2.86 bits per heavy atom. The Hall–Kier alpha value is -1.00. The summed E-state index contributed by atoms with van der Waals surface area (Å²) in [5, 5.41) is 0. The van der Waals surface area contributed by atoms with Crippen LogP contribution < -0.4 is 0 Å². The molecule has 0 saturated carbocycles. The van der Waals surface area contributed by atoms with E-state index in [1.54, 1.807) is 0 Å². The minimum atomic E-state index is 0.0646. The van der Waals surface area contributed by atoms with Gasteiger partial charge in [-0.2, -0.15) is 11.8 Å². The van der Waals surface area contributed by atoms with Crippen molar-refractivity contribution in [2.75, 3.05) is 31.3 Å². The number of hydrogen-bond donors (Lipinski definition) is 0. The molecule has 1 aromatic carbocycles. The number of rotatable bonds is 2. The van der Waals surface area contributed by atoms with E-state index in [0.29, 0.717) is 12.5 Å². The number of carbonyl (C=O) groups excluding carboxylic acids is 1. The fourth-order valence-corrected chi connectivity index (χ4v) is 4.19. The molecule has 3 nitrogen and oxygen atoms in total. The number of benzene rings is 1. The van der Waals surface area contributed by atoms with E-state index in [4.69, 9.17) is 4.74 Å². The summed E-state index contributed by atoms with van der Waals surface area (Å²) in [6, 6.07) is 8.84. The Morgan fingerprint density at radius 2 is 2.14 bits per heavy atom. The Bertz CT molecular complexity index is 482. The van der Waals surface area contributed by atoms with Crippen LogP contribution in [0.25, 0.3) is 0 Å². The SMILES string of the molecule is Cc1ccc(C2CSCCN2C(=O)C2CCCOC2)cc1. The van der Waals surface area contributed by atoms with Crippen molar-refractivity contribution in [3.8, 4) is 0 Å². The minimum absolute atomic E-state index is 0.0646. The van der Waals surface area contributed by atoms with Gasteiger partial charge in [-0.15, -0.1) is 0 Å². The summed E-state index contributed by atoms with van der Waals surface area (Å²) in [6.45, 7) is 4.37. The van der Waals surface area contributed by atoms with Gasteiger partial charge in [0.1, 0.15) is 0 Å². The van der Waals surface area contributed by atoms with Crippen LogP contribution in [-0.4, -0.2) is 42.1 Å². The first-order chi connectivity index (χ1) is 10.3. The van der Waals surface area contributed by atoms with E-state index in [9.17, 15) is 4.79 Å². The van der Waals surface area contributed by atoms with Gasteiger partial charge in [-0.3, -0.25) is 4.79 Å². The molecule has 2 saturated heterocycles. The third kappa shape index (κ3) is 3.43. The zero-order valence-corrected chi connectivity index (χ0v) is 13.4. The lowest BCUT2D eigenvalue weighted by molar-refractivity contribution is -0.141. The predicted molar refractivity (Wildman–Crippen MR) is 86.5 cm³/mol. The first kappa shape index (κ1) is 14.9. The summed E-state index contributed by atoms with van der Waals surface area (Å²) in [6.07, 6.45) is 1.98. The van der Waals surface area contributed by atoms with Crippen molar-refractivity contribution < 1.29 is 9.53 Å². The molecule has 1 aromatic rings. The van der Waals surface area contributed by atoms with Crippen molar-refractivity contribution >= 4 is 17.7 Å². The molecule has 2 fully saturated rings. The summed E-state index contributed by atoms with van der Waals surface area (Å²) in [5.41, 5.74) is 2.53. The quantitative estimate of drug-likeness (QED) is 0.841. The molecule has 0 aliphatic carbocycles. The van der Waals surface area contributed by atoms with Crippen LogP contribution in [0.2, 0.25) is 0 Å². The van der Waals surface area contributed by atoms with E-state index >= 15 is 0 Å². The van der Waals surface area contributed by atoms with Crippen molar-refractivity contribution in [3.63, 3.8) is 0 Å². The maximum absolute atomic E-state index is 12.8. The van der Waals surface area contributed by atoms with Gasteiger partial charge < -0.3 is 9.64 Å². The average Bonchev–Trinajstić information content (AvgIpc) is 2.56. The van der Waals surface area contributed by atoms with Crippen LogP contribution in [0, 0.1) is 12.8 Å². The number of hydrogen-bond acceptors (Lipinski definition) is 3. The van der Waals surface area contributed by atoms with Gasteiger partial charge in [-0.1, -0.05) is 29.8 Å². The molecule has 0 N–H and O–H groups in total. The van der Waals surface area contributed by atoms with Crippen molar-refractivity contribution in [1.82, 2.24) is 4.90 Å². The van der Waals surface area contributed by atoms with Crippen LogP contribution in [-0.2, 0) is 9.53 Å². The lowest BCUT2D eigenvalue weighted by Gasteiger charge is -2.38. The van der Waals surface area contributed by atoms with Crippen LogP contribution in [0.4, 0.5) is 0 Å². The monoisotopic (exact) mass is 305 g/mol. The smallest absolute Gasteiger partial charge is 0.228 e. The van der Waals surface area contributed by atoms with Crippen molar-refractivity contribution in [1.29, 1.82) is 0 Å². The molecule has 114 valence electrons. The molecule has 0 aromatic heterocycles. The molecule has 3 rings (SSSR count). The molecule has 2 aliphatic rings. The van der Waals surface area contributed by atoms with Crippen LogP contribution in [0.15, 0.2) is 24.3 Å². The zero-order chi connectivity index (χ0) is 14.7. The van der Waals surface area contributed by atoms with Gasteiger partial charge in [-0.25, -0.2) is 0 Å². The highest BCUT2D eigenvalue weighted by atomic mass is 32.2. The third-order valence-electron chi connectivity index (χ3n) is 4.38. The molecule has 0 radical (unpaired) electrons. The number of carbonyl (C=O) groups is 1. The third-order valence-corrected chi connectivity index (χ3v) is 5.41. The lowest BCUT2D eigenvalue weighted by Crippen LogP contribution is -2.45. The van der Waals surface area contributed by atoms with E-state index in [1.165, 1.54) is 11.1 Å². The predicted octanol–water partition coefficient (Wildman–Crippen LogP) is 3.04. The zero-order valence-electron chi connectivity index (χ0n) is 12.6. The second kappa shape index (κ2) is 6.84. The molecule has 4 heteroatoms. The molecule has 21 heavy (non-hydrogen) atoms. The molecule has 2 aliphatic heterocycles. The average molecular weight is 305 g/mol. The van der Waals surface area contributed by atoms with Gasteiger partial charge in [0.05, 0.1) is 18.6 Å². The summed E-state index contributed by atoms with van der Waals surface area (Å²) < 4.78 is 5.50. The molecule has 0 bridgehead atoms. The first-order valence-corrected chi connectivity index (χ1v) is 8.94. The number of amides is 1. The van der Waals surface area contributed by atoms with E-state index in [2.05, 4.69) is 36.1 Å². The highest BCUT2D eigenvalue weighted by Crippen LogP contribution is 2.32. The highest BCUT2D eigenvalue weighted by Gasteiger charge is 2.33. The summed E-state index contributed by atoms with van der Waals surface area (Å²) in [7, 11) is 0. The van der Waals surface area contributed by atoms with E-state index in [-0.39, 0.29) is 12.0 Å². The van der Waals surface area contributed by atoms with Gasteiger partial charge in [0, 0.05) is 24.7 Å². The number of aryl methyl sites for hydroxylation is 1. The largest absolute Gasteiger partial charge is 0.381 e. The van der Waals surface area contributed by atoms with Gasteiger partial charge in [0.2, 0.25) is 5.91 Å². The van der Waals surface area contributed by atoms with Crippen LogP contribution in [0.5, 0.6) is 0 Å². The Kier molecular flexibility index (Phi) is 4.86. The van der Waals surface area contributed by atoms with Crippen LogP contribution in [0.1, 0.15) is 30.0 Å². The summed E-state index contributed by atoms with van der Waals surface area (Å²) in [5.74, 6) is 2.40. The van der Waals surface area contributed by atoms with Gasteiger partial charge >= 0.3 is 0 Å². The fourth-order valence-electron chi connectivity index (χ4n) is 3.10. The van der Waals surface area contributed by atoms with Crippen LogP contribution in [0.3, 0.4) is 0 Å². The second-order valence-electron chi connectivity index (χ2n) is 5.95. The number of nitrogens with zero attached hydrogens (tertiary/aromatic N) is 1. The molecular weight excluding hydrogens is 282 g/mol. The number of ether oxygens (including phenoxy) is 1. The van der Waals surface area contributed by atoms with Gasteiger partial charge in [0.25, 0.3) is 0 Å². The molecule has 1 amide bonds. The first-order valence-electron chi connectivity index (χ1n) is 7.78. The molecule has 0 spiro atoms. The normalized spacial score (nSPS) is 26.6. The minimum Gasteiger partial charge on any atom is -0.381 e. The Labute approximate surface area is 131 Å². The second-order valence-corrected chi connectivity index (χ2v) is 7.10. The maximum atomic E-state index is 12.8.